The maximum atomic E-state index is 12.9. The predicted molar refractivity (Wildman–Crippen MR) is 121 cm³/mol. The molecule has 0 spiro atoms. The van der Waals surface area contributed by atoms with Gasteiger partial charge in [-0.05, 0) is 41.5 Å². The molecular weight excluding hydrogens is 392 g/mol. The molecule has 6 nitrogen and oxygen atoms in total. The van der Waals surface area contributed by atoms with Gasteiger partial charge in [-0.2, -0.15) is 0 Å². The molecule has 0 bridgehead atoms. The highest BCUT2D eigenvalue weighted by Crippen LogP contribution is 2.24. The molecule has 162 valence electrons. The summed E-state index contributed by atoms with van der Waals surface area (Å²) in [7, 11) is 0. The third-order valence-electron chi connectivity index (χ3n) is 5.17. The van der Waals surface area contributed by atoms with E-state index >= 15 is 0 Å². The first-order valence-electron chi connectivity index (χ1n) is 10.6. The molecule has 0 saturated heterocycles. The summed E-state index contributed by atoms with van der Waals surface area (Å²) >= 11 is 0. The number of carbonyl (C=O) groups is 2. The summed E-state index contributed by atoms with van der Waals surface area (Å²) in [6.45, 7) is 6.43. The molecule has 3 rings (SSSR count). The Morgan fingerprint density at radius 3 is 2.32 bits per heavy atom. The van der Waals surface area contributed by atoms with Crippen LogP contribution in [0.1, 0.15) is 60.0 Å². The van der Waals surface area contributed by atoms with Crippen molar-refractivity contribution in [1.82, 2.24) is 9.13 Å². The number of hydrogen-bond donors (Lipinski definition) is 1. The van der Waals surface area contributed by atoms with Crippen molar-refractivity contribution in [3.63, 3.8) is 0 Å². The van der Waals surface area contributed by atoms with E-state index in [-0.39, 0.29) is 17.2 Å². The molecule has 0 amide bonds. The van der Waals surface area contributed by atoms with E-state index in [1.807, 2.05) is 37.3 Å². The van der Waals surface area contributed by atoms with E-state index in [1.165, 1.54) is 4.57 Å². The molecule has 0 saturated carbocycles. The highest BCUT2D eigenvalue weighted by molar-refractivity contribution is 5.96. The first kappa shape index (κ1) is 22.3. The lowest BCUT2D eigenvalue weighted by Gasteiger charge is -2.11. The maximum absolute atomic E-state index is 12.9. The highest BCUT2D eigenvalue weighted by atomic mass is 16.4. The van der Waals surface area contributed by atoms with Crippen LogP contribution < -0.4 is 5.69 Å². The van der Waals surface area contributed by atoms with Crippen molar-refractivity contribution in [2.45, 2.75) is 46.6 Å². The smallest absolute Gasteiger partial charge is 0.336 e. The summed E-state index contributed by atoms with van der Waals surface area (Å²) < 4.78 is 2.90. The van der Waals surface area contributed by atoms with Crippen molar-refractivity contribution >= 4 is 11.9 Å². The number of rotatable bonds is 8. The molecule has 0 aliphatic rings. The van der Waals surface area contributed by atoms with Gasteiger partial charge in [-0.25, -0.2) is 14.2 Å². The second-order valence-corrected chi connectivity index (χ2v) is 8.15. The molecule has 0 atom stereocenters. The molecule has 1 N–H and O–H groups in total. The van der Waals surface area contributed by atoms with Crippen molar-refractivity contribution in [3.8, 4) is 11.1 Å². The Morgan fingerprint density at radius 2 is 1.71 bits per heavy atom. The standard InChI is InChI=1S/C25H28N2O4/c1-4-7-23(28)27-16-20(14-17(2)3)26(25(27)31)15-18-10-12-19(13-11-18)21-8-5-6-9-22(21)24(29)30/h5-6,8-13,16-17H,4,7,14-15H2,1-3H3,(H,29,30). The minimum atomic E-state index is -0.970. The molecule has 0 radical (unpaired) electrons. The van der Waals surface area contributed by atoms with Crippen LogP contribution in [0.2, 0.25) is 0 Å². The van der Waals surface area contributed by atoms with Crippen LogP contribution in [0, 0.1) is 5.92 Å². The van der Waals surface area contributed by atoms with E-state index in [4.69, 9.17) is 0 Å². The normalized spacial score (nSPS) is 11.1. The zero-order valence-electron chi connectivity index (χ0n) is 18.2. The van der Waals surface area contributed by atoms with Crippen molar-refractivity contribution in [2.24, 2.45) is 5.92 Å². The lowest BCUT2D eigenvalue weighted by Crippen LogP contribution is -2.29. The first-order valence-corrected chi connectivity index (χ1v) is 10.6. The minimum absolute atomic E-state index is 0.183. The fourth-order valence-electron chi connectivity index (χ4n) is 3.68. The van der Waals surface area contributed by atoms with E-state index in [1.54, 1.807) is 29.0 Å². The zero-order valence-corrected chi connectivity index (χ0v) is 18.2. The van der Waals surface area contributed by atoms with Gasteiger partial charge < -0.3 is 5.11 Å². The number of aromatic nitrogens is 2. The number of carbonyl (C=O) groups excluding carboxylic acids is 1. The lowest BCUT2D eigenvalue weighted by atomic mass is 9.98. The van der Waals surface area contributed by atoms with Crippen LogP contribution >= 0.6 is 0 Å². The fraction of sp³-hybridized carbons (Fsp3) is 0.320. The highest BCUT2D eigenvalue weighted by Gasteiger charge is 2.17. The Kier molecular flexibility index (Phi) is 6.90. The number of benzene rings is 2. The monoisotopic (exact) mass is 420 g/mol. The third kappa shape index (κ3) is 5.02. The van der Waals surface area contributed by atoms with Gasteiger partial charge in [0.2, 0.25) is 5.91 Å². The number of carboxylic acid groups (broad SMARTS) is 1. The Hall–Kier alpha value is -3.41. The second kappa shape index (κ2) is 9.60. The van der Waals surface area contributed by atoms with Gasteiger partial charge in [0.1, 0.15) is 0 Å². The molecule has 0 aliphatic heterocycles. The molecule has 3 aromatic rings. The third-order valence-corrected chi connectivity index (χ3v) is 5.17. The van der Waals surface area contributed by atoms with E-state index in [9.17, 15) is 19.5 Å². The van der Waals surface area contributed by atoms with Crippen molar-refractivity contribution < 1.29 is 14.7 Å². The van der Waals surface area contributed by atoms with Crippen molar-refractivity contribution in [3.05, 3.63) is 82.0 Å². The van der Waals surface area contributed by atoms with Crippen LogP contribution in [-0.2, 0) is 13.0 Å². The number of aromatic carboxylic acids is 1. The van der Waals surface area contributed by atoms with Crippen molar-refractivity contribution in [2.75, 3.05) is 0 Å². The minimum Gasteiger partial charge on any atom is -0.478 e. The Morgan fingerprint density at radius 1 is 1.03 bits per heavy atom. The largest absolute Gasteiger partial charge is 0.478 e. The van der Waals surface area contributed by atoms with Gasteiger partial charge in [-0.1, -0.05) is 63.2 Å². The number of nitrogens with zero attached hydrogens (tertiary/aromatic N) is 2. The Balaban J connectivity index is 1.93. The van der Waals surface area contributed by atoms with Crippen LogP contribution in [-0.4, -0.2) is 26.1 Å². The number of hydrogen-bond acceptors (Lipinski definition) is 3. The van der Waals surface area contributed by atoms with Gasteiger partial charge in [-0.3, -0.25) is 9.36 Å². The van der Waals surface area contributed by atoms with Crippen LogP contribution in [0.5, 0.6) is 0 Å². The van der Waals surface area contributed by atoms with Gasteiger partial charge in [0.15, 0.2) is 0 Å². The molecule has 0 fully saturated rings. The summed E-state index contributed by atoms with van der Waals surface area (Å²) in [4.78, 5) is 36.8. The first-order chi connectivity index (χ1) is 14.8. The predicted octanol–water partition coefficient (Wildman–Crippen LogP) is 4.70. The van der Waals surface area contributed by atoms with Crippen LogP contribution in [0.3, 0.4) is 0 Å². The van der Waals surface area contributed by atoms with E-state index in [2.05, 4.69) is 13.8 Å². The van der Waals surface area contributed by atoms with Crippen LogP contribution in [0.4, 0.5) is 0 Å². The van der Waals surface area contributed by atoms with Gasteiger partial charge >= 0.3 is 11.7 Å². The molecule has 1 aromatic heterocycles. The van der Waals surface area contributed by atoms with E-state index in [0.29, 0.717) is 37.3 Å². The molecule has 31 heavy (non-hydrogen) atoms. The summed E-state index contributed by atoms with van der Waals surface area (Å²) in [5.74, 6) is -0.808. The summed E-state index contributed by atoms with van der Waals surface area (Å²) in [5, 5.41) is 9.43. The van der Waals surface area contributed by atoms with Crippen LogP contribution in [0.15, 0.2) is 59.5 Å². The molecule has 0 aliphatic carbocycles. The SMILES string of the molecule is CCCC(=O)n1cc(CC(C)C)n(Cc2ccc(-c3ccccc3C(=O)O)cc2)c1=O. The fourth-order valence-corrected chi connectivity index (χ4v) is 3.68. The Bertz CT molecular complexity index is 1140. The van der Waals surface area contributed by atoms with Crippen molar-refractivity contribution in [1.29, 1.82) is 0 Å². The van der Waals surface area contributed by atoms with E-state index in [0.717, 1.165) is 16.8 Å². The molecule has 6 heteroatoms. The lowest BCUT2D eigenvalue weighted by molar-refractivity contribution is 0.0697. The number of carboxylic acids is 1. The van der Waals surface area contributed by atoms with Gasteiger partial charge in [0.05, 0.1) is 12.1 Å². The molecule has 2 aromatic carbocycles. The average Bonchev–Trinajstić information content (AvgIpc) is 3.03. The summed E-state index contributed by atoms with van der Waals surface area (Å²) in [5.41, 5.74) is 3.13. The van der Waals surface area contributed by atoms with Gasteiger partial charge in [-0.15, -0.1) is 0 Å². The molecule has 0 unspecified atom stereocenters. The van der Waals surface area contributed by atoms with Gasteiger partial charge in [0, 0.05) is 18.3 Å². The Labute approximate surface area is 181 Å². The van der Waals surface area contributed by atoms with Gasteiger partial charge in [0.25, 0.3) is 0 Å². The topological polar surface area (TPSA) is 81.3 Å². The van der Waals surface area contributed by atoms with Crippen LogP contribution in [0.25, 0.3) is 11.1 Å². The zero-order chi connectivity index (χ0) is 22.5. The molecular formula is C25H28N2O4. The molecule has 1 heterocycles. The van der Waals surface area contributed by atoms with E-state index < -0.39 is 5.97 Å². The average molecular weight is 421 g/mol. The number of imidazole rings is 1. The maximum Gasteiger partial charge on any atom is 0.336 e. The second-order valence-electron chi connectivity index (χ2n) is 8.15. The summed E-state index contributed by atoms with van der Waals surface area (Å²) in [6.07, 6.45) is 3.40. The summed E-state index contributed by atoms with van der Waals surface area (Å²) in [6, 6.07) is 14.4. The quantitative estimate of drug-likeness (QED) is 0.573.